The van der Waals surface area contributed by atoms with E-state index in [1.807, 2.05) is 28.1 Å². The Labute approximate surface area is 220 Å². The molecular weight excluding hydrogens is 560 g/mol. The lowest BCUT2D eigenvalue weighted by Gasteiger charge is -2.12. The molecule has 0 saturated carbocycles. The van der Waals surface area contributed by atoms with Gasteiger partial charge in [0, 0.05) is 11.9 Å². The summed E-state index contributed by atoms with van der Waals surface area (Å²) in [5, 5.41) is 1.87. The first-order valence-electron chi connectivity index (χ1n) is 10.7. The van der Waals surface area contributed by atoms with Gasteiger partial charge in [0.05, 0.1) is 31.2 Å². The Hall–Kier alpha value is -3.11. The maximum atomic E-state index is 13.5. The number of hydrogen-bond acceptors (Lipinski definition) is 4. The Morgan fingerprint density at radius 1 is 0.917 bits per heavy atom. The van der Waals surface area contributed by atoms with Crippen LogP contribution in [0.1, 0.15) is 11.1 Å². The van der Waals surface area contributed by atoms with Crippen molar-refractivity contribution in [2.75, 3.05) is 14.2 Å². The molecule has 0 amide bonds. The molecule has 0 spiro atoms. The molecule has 10 heteroatoms. The van der Waals surface area contributed by atoms with Gasteiger partial charge in [0.1, 0.15) is 5.82 Å². The van der Waals surface area contributed by atoms with Crippen LogP contribution in [0.4, 0.5) is 23.2 Å². The number of ether oxygens (including phenoxy) is 2. The average molecular weight is 583 g/mol. The molecule has 1 aromatic heterocycles. The number of thiazole rings is 1. The fourth-order valence-electron chi connectivity index (χ4n) is 3.63. The van der Waals surface area contributed by atoms with Crippen LogP contribution in [0.25, 0.3) is 11.3 Å². The number of benzene rings is 3. The number of aryl methyl sites for hydroxylation is 1. The summed E-state index contributed by atoms with van der Waals surface area (Å²) in [6, 6.07) is 16.6. The Bertz CT molecular complexity index is 1380. The van der Waals surface area contributed by atoms with Crippen molar-refractivity contribution >= 4 is 34.0 Å². The van der Waals surface area contributed by atoms with Crippen molar-refractivity contribution in [3.63, 3.8) is 0 Å². The van der Waals surface area contributed by atoms with Gasteiger partial charge in [-0.3, -0.25) is 0 Å². The summed E-state index contributed by atoms with van der Waals surface area (Å²) in [4.78, 5) is 5.05. The van der Waals surface area contributed by atoms with E-state index in [-0.39, 0.29) is 28.5 Å². The zero-order chi connectivity index (χ0) is 25.0. The van der Waals surface area contributed by atoms with Gasteiger partial charge in [0.25, 0.3) is 0 Å². The van der Waals surface area contributed by atoms with Crippen LogP contribution >= 0.6 is 28.3 Å². The molecule has 0 atom stereocenters. The van der Waals surface area contributed by atoms with E-state index in [0.717, 1.165) is 29.0 Å². The number of hydrogen-bond donors (Lipinski definition) is 0. The molecule has 0 unspecified atom stereocenters. The van der Waals surface area contributed by atoms with Crippen LogP contribution in [0, 0.1) is 5.82 Å². The fourth-order valence-corrected chi connectivity index (χ4v) is 4.58. The lowest BCUT2D eigenvalue weighted by atomic mass is 10.1. The van der Waals surface area contributed by atoms with Gasteiger partial charge in [-0.1, -0.05) is 12.1 Å². The summed E-state index contributed by atoms with van der Waals surface area (Å²) in [7, 11) is 3.13. The highest BCUT2D eigenvalue weighted by Gasteiger charge is 2.30. The molecule has 1 heterocycles. The third-order valence-electron chi connectivity index (χ3n) is 5.41. The minimum Gasteiger partial charge on any atom is -0.493 e. The molecule has 190 valence electrons. The Kier molecular flexibility index (Phi) is 8.97. The molecule has 0 fully saturated rings. The molecule has 36 heavy (non-hydrogen) atoms. The van der Waals surface area contributed by atoms with Crippen LogP contribution in [0.5, 0.6) is 11.5 Å². The van der Waals surface area contributed by atoms with E-state index >= 15 is 0 Å². The lowest BCUT2D eigenvalue weighted by Crippen LogP contribution is -2.17. The van der Waals surface area contributed by atoms with Gasteiger partial charge in [0.2, 0.25) is 0 Å². The second kappa shape index (κ2) is 11.7. The zero-order valence-electron chi connectivity index (χ0n) is 19.4. The first-order valence-corrected chi connectivity index (χ1v) is 11.5. The normalized spacial score (nSPS) is 11.8. The van der Waals surface area contributed by atoms with E-state index in [1.165, 1.54) is 35.6 Å². The summed E-state index contributed by atoms with van der Waals surface area (Å²) >= 11 is 1.31. The van der Waals surface area contributed by atoms with Crippen molar-refractivity contribution in [3.8, 4) is 22.8 Å². The van der Waals surface area contributed by atoms with Gasteiger partial charge in [0.15, 0.2) is 16.3 Å². The van der Waals surface area contributed by atoms with Gasteiger partial charge >= 0.3 is 6.18 Å². The van der Waals surface area contributed by atoms with Gasteiger partial charge in [-0.05, 0) is 72.1 Å². The van der Waals surface area contributed by atoms with Crippen LogP contribution < -0.4 is 14.3 Å². The van der Waals surface area contributed by atoms with Crippen molar-refractivity contribution in [3.05, 3.63) is 93.9 Å². The number of halogens is 5. The van der Waals surface area contributed by atoms with Crippen LogP contribution in [0.15, 0.2) is 77.1 Å². The minimum absolute atomic E-state index is 0. The number of nitrogens with zero attached hydrogens (tertiary/aromatic N) is 2. The number of aromatic nitrogens is 1. The van der Waals surface area contributed by atoms with Gasteiger partial charge < -0.3 is 14.0 Å². The topological polar surface area (TPSA) is 35.8 Å². The first kappa shape index (κ1) is 27.5. The van der Waals surface area contributed by atoms with Crippen LogP contribution in [0.3, 0.4) is 0 Å². The molecule has 3 aromatic carbocycles. The van der Waals surface area contributed by atoms with E-state index in [0.29, 0.717) is 29.3 Å². The lowest BCUT2D eigenvalue weighted by molar-refractivity contribution is -0.137. The van der Waals surface area contributed by atoms with E-state index in [1.54, 1.807) is 26.4 Å². The molecule has 0 bridgehead atoms. The monoisotopic (exact) mass is 582 g/mol. The maximum absolute atomic E-state index is 13.5. The van der Waals surface area contributed by atoms with E-state index in [4.69, 9.17) is 9.47 Å². The van der Waals surface area contributed by atoms with E-state index < -0.39 is 11.7 Å². The smallest absolute Gasteiger partial charge is 0.416 e. The largest absolute Gasteiger partial charge is 0.493 e. The summed E-state index contributed by atoms with van der Waals surface area (Å²) < 4.78 is 65.6. The molecule has 0 saturated heterocycles. The predicted octanol–water partition coefficient (Wildman–Crippen LogP) is 7.44. The van der Waals surface area contributed by atoms with Crippen molar-refractivity contribution in [2.24, 2.45) is 4.99 Å². The zero-order valence-corrected chi connectivity index (χ0v) is 21.9. The third-order valence-corrected chi connectivity index (χ3v) is 6.27. The van der Waals surface area contributed by atoms with Crippen molar-refractivity contribution < 1.29 is 27.0 Å². The van der Waals surface area contributed by atoms with Gasteiger partial charge in [-0.2, -0.15) is 13.2 Å². The Morgan fingerprint density at radius 3 is 2.31 bits per heavy atom. The third kappa shape index (κ3) is 6.36. The summed E-state index contributed by atoms with van der Waals surface area (Å²) in [5.41, 5.74) is 2.00. The SMILES string of the molecule is Br.COc1ccc(CCn2c(-c3ccc(F)cc3)csc2=Nc2cccc(C(F)(F)F)c2)cc1OC. The number of rotatable bonds is 7. The molecule has 0 N–H and O–H groups in total. The predicted molar refractivity (Wildman–Crippen MR) is 138 cm³/mol. The van der Waals surface area contributed by atoms with Gasteiger partial charge in [-0.15, -0.1) is 28.3 Å². The molecule has 0 aliphatic carbocycles. The standard InChI is InChI=1S/C26H22F4N2O2S.BrH/c1-33-23-11-6-17(14-24(23)34-2)12-13-32-22(18-7-9-20(27)10-8-18)16-35-25(32)31-21-5-3-4-19(15-21)26(28,29)30;/h3-11,14-16H,12-13H2,1-2H3;1H. The molecule has 0 aliphatic rings. The molecule has 0 radical (unpaired) electrons. The molecule has 0 aliphatic heterocycles. The molecule has 4 aromatic rings. The Balaban J connectivity index is 0.00000361. The summed E-state index contributed by atoms with van der Waals surface area (Å²) in [6.45, 7) is 0.490. The summed E-state index contributed by atoms with van der Waals surface area (Å²) in [5.74, 6) is 0.870. The highest BCUT2D eigenvalue weighted by molar-refractivity contribution is 8.93. The molecule has 4 nitrogen and oxygen atoms in total. The van der Waals surface area contributed by atoms with Crippen LogP contribution in [0.2, 0.25) is 0 Å². The highest BCUT2D eigenvalue weighted by Crippen LogP contribution is 2.32. The fraction of sp³-hybridized carbons (Fsp3) is 0.192. The van der Waals surface area contributed by atoms with Crippen LogP contribution in [-0.4, -0.2) is 18.8 Å². The maximum Gasteiger partial charge on any atom is 0.416 e. The number of methoxy groups -OCH3 is 2. The average Bonchev–Trinajstić information content (AvgIpc) is 3.24. The van der Waals surface area contributed by atoms with E-state index in [2.05, 4.69) is 4.99 Å². The van der Waals surface area contributed by atoms with Crippen molar-refractivity contribution in [1.29, 1.82) is 0 Å². The van der Waals surface area contributed by atoms with Gasteiger partial charge in [-0.25, -0.2) is 9.38 Å². The molecule has 4 rings (SSSR count). The highest BCUT2D eigenvalue weighted by atomic mass is 79.9. The number of alkyl halides is 3. The van der Waals surface area contributed by atoms with Crippen molar-refractivity contribution in [2.45, 2.75) is 19.1 Å². The van der Waals surface area contributed by atoms with Crippen molar-refractivity contribution in [1.82, 2.24) is 4.57 Å². The second-order valence-corrected chi connectivity index (χ2v) is 8.50. The Morgan fingerprint density at radius 2 is 1.64 bits per heavy atom. The second-order valence-electron chi connectivity index (χ2n) is 7.66. The summed E-state index contributed by atoms with van der Waals surface area (Å²) in [6.07, 6.45) is -3.86. The molecular formula is C26H23BrF4N2O2S. The quantitative estimate of drug-likeness (QED) is 0.212. The minimum atomic E-state index is -4.45. The first-order chi connectivity index (χ1) is 16.8. The van der Waals surface area contributed by atoms with E-state index in [9.17, 15) is 17.6 Å². The van der Waals surface area contributed by atoms with Crippen LogP contribution in [-0.2, 0) is 19.1 Å².